The average molecular weight is 396 g/mol. The Morgan fingerprint density at radius 1 is 1.17 bits per heavy atom. The number of nitrogens with one attached hydrogen (secondary N) is 1. The Hall–Kier alpha value is -3.35. The number of hydrogen-bond donors (Lipinski definition) is 2. The number of carboxylic acids is 1. The number of ether oxygens (including phenoxy) is 1. The minimum absolute atomic E-state index is 0.0571. The maximum Gasteiger partial charge on any atom is 0.315 e. The summed E-state index contributed by atoms with van der Waals surface area (Å²) in [5.41, 5.74) is 0.0516. The van der Waals surface area contributed by atoms with Crippen LogP contribution < -0.4 is 15.0 Å². The van der Waals surface area contributed by atoms with Gasteiger partial charge in [0.05, 0.1) is 13.0 Å². The van der Waals surface area contributed by atoms with Crippen molar-refractivity contribution in [3.8, 4) is 5.75 Å². The Morgan fingerprint density at radius 3 is 2.41 bits per heavy atom. The van der Waals surface area contributed by atoms with Gasteiger partial charge in [0.1, 0.15) is 11.2 Å². The predicted molar refractivity (Wildman–Crippen MR) is 108 cm³/mol. The Bertz CT molecular complexity index is 897. The topological polar surface area (TPSA) is 95.9 Å². The molecule has 2 unspecified atom stereocenters. The van der Waals surface area contributed by atoms with E-state index >= 15 is 0 Å². The minimum atomic E-state index is -1.25. The fourth-order valence-corrected chi connectivity index (χ4v) is 3.41. The monoisotopic (exact) mass is 396 g/mol. The number of methoxy groups -OCH3 is 1. The Balaban J connectivity index is 1.66. The van der Waals surface area contributed by atoms with Crippen LogP contribution in [-0.2, 0) is 19.8 Å². The van der Waals surface area contributed by atoms with Crippen molar-refractivity contribution in [3.63, 3.8) is 0 Å². The Labute approximate surface area is 169 Å². The summed E-state index contributed by atoms with van der Waals surface area (Å²) >= 11 is 0. The summed E-state index contributed by atoms with van der Waals surface area (Å²) in [6.07, 6.45) is 0.0903. The number of carbonyl (C=O) groups is 3. The molecule has 0 aliphatic carbocycles. The maximum atomic E-state index is 12.7. The molecule has 2 aromatic carbocycles. The van der Waals surface area contributed by atoms with Gasteiger partial charge in [-0.05, 0) is 36.8 Å². The van der Waals surface area contributed by atoms with E-state index in [4.69, 9.17) is 4.74 Å². The molecule has 3 rings (SSSR count). The summed E-state index contributed by atoms with van der Waals surface area (Å²) < 4.78 is 5.12. The predicted octanol–water partition coefficient (Wildman–Crippen LogP) is 2.21. The van der Waals surface area contributed by atoms with Crippen molar-refractivity contribution in [3.05, 3.63) is 60.2 Å². The van der Waals surface area contributed by atoms with Crippen molar-refractivity contribution in [1.29, 1.82) is 0 Å². The molecule has 7 heteroatoms. The van der Waals surface area contributed by atoms with Gasteiger partial charge < -0.3 is 20.1 Å². The summed E-state index contributed by atoms with van der Waals surface area (Å²) in [6, 6.07) is 15.9. The molecule has 2 amide bonds. The van der Waals surface area contributed by atoms with Gasteiger partial charge in [0.15, 0.2) is 0 Å². The van der Waals surface area contributed by atoms with Gasteiger partial charge in [-0.1, -0.05) is 30.3 Å². The van der Waals surface area contributed by atoms with Crippen LogP contribution in [-0.4, -0.2) is 43.1 Å². The van der Waals surface area contributed by atoms with Gasteiger partial charge in [0, 0.05) is 25.2 Å². The molecule has 2 aromatic rings. The van der Waals surface area contributed by atoms with Crippen molar-refractivity contribution in [2.75, 3.05) is 25.1 Å². The third-order valence-electron chi connectivity index (χ3n) is 5.38. The molecule has 0 spiro atoms. The van der Waals surface area contributed by atoms with E-state index in [0.29, 0.717) is 17.0 Å². The number of hydrogen-bond acceptors (Lipinski definition) is 4. The quantitative estimate of drug-likeness (QED) is 0.748. The summed E-state index contributed by atoms with van der Waals surface area (Å²) in [5.74, 6) is -1.33. The molecule has 0 saturated carbocycles. The zero-order chi connectivity index (χ0) is 21.0. The van der Waals surface area contributed by atoms with E-state index in [1.54, 1.807) is 67.5 Å². The van der Waals surface area contributed by atoms with Gasteiger partial charge in [-0.3, -0.25) is 14.4 Å². The largest absolute Gasteiger partial charge is 0.497 e. The first-order chi connectivity index (χ1) is 13.8. The molecule has 0 aromatic heterocycles. The standard InChI is InChI=1S/C22H24N2O5/c1-22(21(27)28,16-6-4-3-5-7-16)14-23-20(26)15-12-19(25)24(13-15)17-8-10-18(29-2)11-9-17/h3-11,15H,12-14H2,1-2H3,(H,23,26)(H,27,28). The van der Waals surface area contributed by atoms with Gasteiger partial charge in [0.25, 0.3) is 0 Å². The second-order valence-corrected chi connectivity index (χ2v) is 7.32. The molecular formula is C22H24N2O5. The molecule has 0 radical (unpaired) electrons. The SMILES string of the molecule is COc1ccc(N2CC(C(=O)NCC(C)(C(=O)O)c3ccccc3)CC2=O)cc1. The molecule has 2 atom stereocenters. The zero-order valence-electron chi connectivity index (χ0n) is 16.4. The highest BCUT2D eigenvalue weighted by atomic mass is 16.5. The second-order valence-electron chi connectivity index (χ2n) is 7.32. The van der Waals surface area contributed by atoms with Gasteiger partial charge in [0.2, 0.25) is 11.8 Å². The number of anilines is 1. The van der Waals surface area contributed by atoms with Crippen LogP contribution in [0, 0.1) is 5.92 Å². The molecule has 152 valence electrons. The number of nitrogens with zero attached hydrogens (tertiary/aromatic N) is 1. The number of amides is 2. The van der Waals surface area contributed by atoms with Crippen LogP contribution in [0.1, 0.15) is 18.9 Å². The Kier molecular flexibility index (Phi) is 5.87. The third kappa shape index (κ3) is 4.23. The summed E-state index contributed by atoms with van der Waals surface area (Å²) in [5, 5.41) is 12.5. The summed E-state index contributed by atoms with van der Waals surface area (Å²) in [4.78, 5) is 38.5. The van der Waals surface area contributed by atoms with Gasteiger partial charge in [-0.2, -0.15) is 0 Å². The van der Waals surface area contributed by atoms with Crippen LogP contribution in [0.2, 0.25) is 0 Å². The van der Waals surface area contributed by atoms with E-state index in [1.165, 1.54) is 0 Å². The van der Waals surface area contributed by atoms with Crippen LogP contribution >= 0.6 is 0 Å². The third-order valence-corrected chi connectivity index (χ3v) is 5.38. The van der Waals surface area contributed by atoms with Gasteiger partial charge in [-0.15, -0.1) is 0 Å². The van der Waals surface area contributed by atoms with E-state index in [9.17, 15) is 19.5 Å². The average Bonchev–Trinajstić information content (AvgIpc) is 3.14. The maximum absolute atomic E-state index is 12.7. The molecule has 1 aliphatic heterocycles. The zero-order valence-corrected chi connectivity index (χ0v) is 16.4. The van der Waals surface area contributed by atoms with Gasteiger partial charge >= 0.3 is 5.97 Å². The number of carbonyl (C=O) groups excluding carboxylic acids is 2. The van der Waals surface area contributed by atoms with E-state index in [1.807, 2.05) is 6.07 Å². The molecule has 1 aliphatic rings. The lowest BCUT2D eigenvalue weighted by Gasteiger charge is -2.26. The van der Waals surface area contributed by atoms with Crippen LogP contribution in [0.15, 0.2) is 54.6 Å². The van der Waals surface area contributed by atoms with E-state index in [2.05, 4.69) is 5.32 Å². The smallest absolute Gasteiger partial charge is 0.315 e. The fraction of sp³-hybridized carbons (Fsp3) is 0.318. The molecule has 29 heavy (non-hydrogen) atoms. The van der Waals surface area contributed by atoms with Crippen LogP contribution in [0.3, 0.4) is 0 Å². The van der Waals surface area contributed by atoms with Crippen molar-refractivity contribution in [1.82, 2.24) is 5.32 Å². The van der Waals surface area contributed by atoms with E-state index in [0.717, 1.165) is 0 Å². The van der Waals surface area contributed by atoms with Crippen LogP contribution in [0.25, 0.3) is 0 Å². The molecule has 1 heterocycles. The second kappa shape index (κ2) is 8.34. The first-order valence-corrected chi connectivity index (χ1v) is 9.36. The number of carboxylic acid groups (broad SMARTS) is 1. The lowest BCUT2D eigenvalue weighted by molar-refractivity contribution is -0.143. The van der Waals surface area contributed by atoms with Crippen molar-refractivity contribution >= 4 is 23.5 Å². The first kappa shape index (κ1) is 20.4. The molecular weight excluding hydrogens is 372 g/mol. The Morgan fingerprint density at radius 2 is 1.83 bits per heavy atom. The highest BCUT2D eigenvalue weighted by Crippen LogP contribution is 2.28. The number of benzene rings is 2. The van der Waals surface area contributed by atoms with Crippen LogP contribution in [0.5, 0.6) is 5.75 Å². The van der Waals surface area contributed by atoms with Crippen LogP contribution in [0.4, 0.5) is 5.69 Å². The molecule has 1 saturated heterocycles. The number of rotatable bonds is 7. The highest BCUT2D eigenvalue weighted by Gasteiger charge is 2.39. The normalized spacial score (nSPS) is 18.2. The van der Waals surface area contributed by atoms with Gasteiger partial charge in [-0.25, -0.2) is 0 Å². The molecule has 0 bridgehead atoms. The first-order valence-electron chi connectivity index (χ1n) is 9.36. The van der Waals surface area contributed by atoms with Crippen molar-refractivity contribution < 1.29 is 24.2 Å². The highest BCUT2D eigenvalue weighted by molar-refractivity contribution is 6.00. The number of aliphatic carboxylic acids is 1. The van der Waals surface area contributed by atoms with E-state index < -0.39 is 17.3 Å². The fourth-order valence-electron chi connectivity index (χ4n) is 3.41. The van der Waals surface area contributed by atoms with Crippen molar-refractivity contribution in [2.24, 2.45) is 5.92 Å². The summed E-state index contributed by atoms with van der Waals surface area (Å²) in [6.45, 7) is 1.78. The molecule has 2 N–H and O–H groups in total. The molecule has 1 fully saturated rings. The summed E-state index contributed by atoms with van der Waals surface area (Å²) in [7, 11) is 1.57. The lowest BCUT2D eigenvalue weighted by Crippen LogP contribution is -2.46. The van der Waals surface area contributed by atoms with Crippen molar-refractivity contribution in [2.45, 2.75) is 18.8 Å². The lowest BCUT2D eigenvalue weighted by atomic mass is 9.82. The minimum Gasteiger partial charge on any atom is -0.497 e. The van der Waals surface area contributed by atoms with E-state index in [-0.39, 0.29) is 31.3 Å². The molecule has 7 nitrogen and oxygen atoms in total.